The van der Waals surface area contributed by atoms with E-state index in [4.69, 9.17) is 17.3 Å². The average molecular weight is 463 g/mol. The molecule has 0 saturated carbocycles. The Bertz CT molecular complexity index is 1230. The number of nitrogens with zero attached hydrogens (tertiary/aromatic N) is 2. The zero-order valence-electron chi connectivity index (χ0n) is 17.0. The van der Waals surface area contributed by atoms with Gasteiger partial charge in [0.15, 0.2) is 5.96 Å². The fraction of sp³-hybridized carbons (Fsp3) is 0.0400. The second-order valence-electron chi connectivity index (χ2n) is 6.98. The SMILES string of the molecule is NC(=NCc1cnc(-c2cccc(F)c2)c(-c2ccc(Cl)cc2)c1)NSc1ccccc1. The molecule has 0 amide bonds. The van der Waals surface area contributed by atoms with Gasteiger partial charge in [0, 0.05) is 27.2 Å². The molecule has 0 unspecified atom stereocenters. The third-order valence-corrected chi connectivity index (χ3v) is 5.72. The van der Waals surface area contributed by atoms with Gasteiger partial charge in [-0.2, -0.15) is 0 Å². The first-order valence-corrected chi connectivity index (χ1v) is 11.1. The maximum atomic E-state index is 13.8. The van der Waals surface area contributed by atoms with Crippen molar-refractivity contribution in [2.75, 3.05) is 0 Å². The van der Waals surface area contributed by atoms with Gasteiger partial charge in [0.25, 0.3) is 0 Å². The van der Waals surface area contributed by atoms with Crippen LogP contribution in [0.4, 0.5) is 4.39 Å². The van der Waals surface area contributed by atoms with Crippen molar-refractivity contribution < 1.29 is 4.39 Å². The Morgan fingerprint density at radius 1 is 0.969 bits per heavy atom. The predicted molar refractivity (Wildman–Crippen MR) is 131 cm³/mol. The Morgan fingerprint density at radius 2 is 1.75 bits per heavy atom. The van der Waals surface area contributed by atoms with E-state index in [1.807, 2.05) is 66.7 Å². The number of hydrogen-bond donors (Lipinski definition) is 2. The van der Waals surface area contributed by atoms with Gasteiger partial charge in [-0.3, -0.25) is 9.71 Å². The molecular formula is C25H20ClFN4S. The van der Waals surface area contributed by atoms with Crippen LogP contribution < -0.4 is 10.5 Å². The van der Waals surface area contributed by atoms with Crippen molar-refractivity contribution in [3.05, 3.63) is 108 Å². The number of guanidine groups is 1. The third-order valence-electron chi connectivity index (χ3n) is 4.65. The molecule has 0 aliphatic heterocycles. The molecule has 0 saturated heterocycles. The minimum atomic E-state index is -0.310. The quantitative estimate of drug-likeness (QED) is 0.200. The van der Waals surface area contributed by atoms with Crippen LogP contribution in [0.3, 0.4) is 0 Å². The maximum absolute atomic E-state index is 13.8. The fourth-order valence-corrected chi connectivity index (χ4v) is 3.82. The molecule has 32 heavy (non-hydrogen) atoms. The molecule has 1 aromatic heterocycles. The van der Waals surface area contributed by atoms with Crippen LogP contribution in [0, 0.1) is 5.82 Å². The molecule has 0 aliphatic carbocycles. The topological polar surface area (TPSA) is 63.3 Å². The maximum Gasteiger partial charge on any atom is 0.199 e. The van der Waals surface area contributed by atoms with E-state index < -0.39 is 0 Å². The molecule has 0 fully saturated rings. The molecule has 0 aliphatic rings. The van der Waals surface area contributed by atoms with E-state index in [-0.39, 0.29) is 5.82 Å². The van der Waals surface area contributed by atoms with E-state index in [0.717, 1.165) is 21.6 Å². The largest absolute Gasteiger partial charge is 0.369 e. The fourth-order valence-electron chi connectivity index (χ4n) is 3.12. The average Bonchev–Trinajstić information content (AvgIpc) is 2.82. The second-order valence-corrected chi connectivity index (χ2v) is 8.29. The number of rotatable bonds is 6. The lowest BCUT2D eigenvalue weighted by Gasteiger charge is -2.12. The summed E-state index contributed by atoms with van der Waals surface area (Å²) in [7, 11) is 0. The molecule has 4 aromatic rings. The summed E-state index contributed by atoms with van der Waals surface area (Å²) in [6, 6.07) is 25.7. The van der Waals surface area contributed by atoms with Crippen LogP contribution in [0.25, 0.3) is 22.4 Å². The zero-order valence-corrected chi connectivity index (χ0v) is 18.6. The lowest BCUT2D eigenvalue weighted by atomic mass is 9.98. The van der Waals surface area contributed by atoms with Crippen molar-refractivity contribution in [3.8, 4) is 22.4 Å². The Labute approximate surface area is 195 Å². The molecule has 0 spiro atoms. The molecule has 0 radical (unpaired) electrons. The van der Waals surface area contributed by atoms with Crippen LogP contribution in [0.15, 0.2) is 101 Å². The van der Waals surface area contributed by atoms with E-state index in [1.165, 1.54) is 24.1 Å². The standard InChI is InChI=1S/C25H20ClFN4S/c26-20-11-9-18(10-12-20)23-13-17(15-29-24(23)19-5-4-6-21(27)14-19)16-30-25(28)31-32-22-7-2-1-3-8-22/h1-15H,16H2,(H3,28,30,31). The monoisotopic (exact) mass is 462 g/mol. The Kier molecular flexibility index (Phi) is 7.04. The Morgan fingerprint density at radius 3 is 2.50 bits per heavy atom. The lowest BCUT2D eigenvalue weighted by molar-refractivity contribution is 0.628. The number of benzene rings is 3. The predicted octanol–water partition coefficient (Wildman–Crippen LogP) is 6.32. The van der Waals surface area contributed by atoms with Gasteiger partial charge in [0.2, 0.25) is 0 Å². The molecule has 3 N–H and O–H groups in total. The molecular weight excluding hydrogens is 443 g/mol. The molecule has 7 heteroatoms. The molecule has 3 aromatic carbocycles. The highest BCUT2D eigenvalue weighted by Crippen LogP contribution is 2.32. The molecule has 4 rings (SSSR count). The van der Waals surface area contributed by atoms with Crippen LogP contribution in [-0.2, 0) is 6.54 Å². The summed E-state index contributed by atoms with van der Waals surface area (Å²) in [5, 5.41) is 0.643. The molecule has 0 atom stereocenters. The first-order chi connectivity index (χ1) is 15.6. The highest BCUT2D eigenvalue weighted by Gasteiger charge is 2.11. The first-order valence-electron chi connectivity index (χ1n) is 9.87. The van der Waals surface area contributed by atoms with E-state index in [1.54, 1.807) is 12.3 Å². The number of nitrogens with two attached hydrogens (primary N) is 1. The van der Waals surface area contributed by atoms with Crippen molar-refractivity contribution in [2.45, 2.75) is 11.4 Å². The molecule has 0 bridgehead atoms. The summed E-state index contributed by atoms with van der Waals surface area (Å²) in [6.07, 6.45) is 1.74. The molecule has 4 nitrogen and oxygen atoms in total. The minimum Gasteiger partial charge on any atom is -0.369 e. The normalized spacial score (nSPS) is 11.4. The lowest BCUT2D eigenvalue weighted by Crippen LogP contribution is -2.25. The zero-order chi connectivity index (χ0) is 22.3. The van der Waals surface area contributed by atoms with Gasteiger partial charge in [-0.15, -0.1) is 0 Å². The van der Waals surface area contributed by atoms with Crippen molar-refractivity contribution in [1.29, 1.82) is 0 Å². The Hall–Kier alpha value is -3.35. The number of pyridine rings is 1. The molecule has 1 heterocycles. The van der Waals surface area contributed by atoms with Crippen molar-refractivity contribution >= 4 is 29.5 Å². The van der Waals surface area contributed by atoms with Gasteiger partial charge in [0.1, 0.15) is 5.82 Å². The van der Waals surface area contributed by atoms with Gasteiger partial charge < -0.3 is 5.73 Å². The summed E-state index contributed by atoms with van der Waals surface area (Å²) in [6.45, 7) is 0.352. The number of nitrogens with one attached hydrogen (secondary N) is 1. The summed E-state index contributed by atoms with van der Waals surface area (Å²) >= 11 is 7.46. The summed E-state index contributed by atoms with van der Waals surface area (Å²) in [4.78, 5) is 10.1. The van der Waals surface area contributed by atoms with Gasteiger partial charge in [0.05, 0.1) is 12.2 Å². The van der Waals surface area contributed by atoms with Crippen LogP contribution >= 0.6 is 23.5 Å². The molecule has 160 valence electrons. The van der Waals surface area contributed by atoms with Crippen LogP contribution in [0.1, 0.15) is 5.56 Å². The van der Waals surface area contributed by atoms with Gasteiger partial charge in [-0.1, -0.05) is 54.1 Å². The summed E-state index contributed by atoms with van der Waals surface area (Å²) in [5.74, 6) is 0.0101. The van der Waals surface area contributed by atoms with E-state index in [0.29, 0.717) is 28.8 Å². The van der Waals surface area contributed by atoms with Crippen LogP contribution in [0.5, 0.6) is 0 Å². The first kappa shape index (κ1) is 21.9. The van der Waals surface area contributed by atoms with E-state index >= 15 is 0 Å². The number of aliphatic imine (C=N–C) groups is 1. The van der Waals surface area contributed by atoms with E-state index in [9.17, 15) is 4.39 Å². The van der Waals surface area contributed by atoms with E-state index in [2.05, 4.69) is 14.7 Å². The minimum absolute atomic E-state index is 0.310. The summed E-state index contributed by atoms with van der Waals surface area (Å²) in [5.41, 5.74) is 10.1. The third kappa shape index (κ3) is 5.66. The van der Waals surface area contributed by atoms with Gasteiger partial charge in [-0.25, -0.2) is 9.38 Å². The Balaban J connectivity index is 1.59. The van der Waals surface area contributed by atoms with Gasteiger partial charge in [-0.05, 0) is 65.5 Å². The van der Waals surface area contributed by atoms with Crippen LogP contribution in [0.2, 0.25) is 5.02 Å². The number of halogens is 2. The van der Waals surface area contributed by atoms with Crippen LogP contribution in [-0.4, -0.2) is 10.9 Å². The summed E-state index contributed by atoms with van der Waals surface area (Å²) < 4.78 is 16.9. The number of aromatic nitrogens is 1. The van der Waals surface area contributed by atoms with Gasteiger partial charge >= 0.3 is 0 Å². The van der Waals surface area contributed by atoms with Crippen molar-refractivity contribution in [3.63, 3.8) is 0 Å². The highest BCUT2D eigenvalue weighted by molar-refractivity contribution is 7.98. The van der Waals surface area contributed by atoms with Crippen molar-refractivity contribution in [1.82, 2.24) is 9.71 Å². The highest BCUT2D eigenvalue weighted by atomic mass is 35.5. The van der Waals surface area contributed by atoms with Crippen molar-refractivity contribution in [2.24, 2.45) is 10.7 Å². The number of hydrogen-bond acceptors (Lipinski definition) is 3. The second kappa shape index (κ2) is 10.3. The smallest absolute Gasteiger partial charge is 0.199 e.